The van der Waals surface area contributed by atoms with Gasteiger partial charge in [0, 0.05) is 26.0 Å². The first-order chi connectivity index (χ1) is 24.1. The molecule has 0 atom stereocenters. The SMILES string of the molecule is CC1(C)c2ccccc2-c2ccc(-c3c4ccccc4c(N4c5ccccc5Sc5ccccc54)c4ccc(-c5ccccc5)cc34)cc21. The van der Waals surface area contributed by atoms with Crippen LogP contribution in [0.5, 0.6) is 0 Å². The molecule has 2 aliphatic rings. The van der Waals surface area contributed by atoms with Crippen molar-refractivity contribution in [3.05, 3.63) is 175 Å². The molecular formula is C47H33NS. The molecule has 1 nitrogen and oxygen atoms in total. The van der Waals surface area contributed by atoms with Crippen LogP contribution >= 0.6 is 11.8 Å². The summed E-state index contributed by atoms with van der Waals surface area (Å²) < 4.78 is 0. The first-order valence-electron chi connectivity index (χ1n) is 17.0. The predicted molar refractivity (Wildman–Crippen MR) is 209 cm³/mol. The van der Waals surface area contributed by atoms with E-state index in [9.17, 15) is 0 Å². The molecule has 0 radical (unpaired) electrons. The molecule has 10 rings (SSSR count). The van der Waals surface area contributed by atoms with Gasteiger partial charge in [-0.05, 0) is 91.7 Å². The fourth-order valence-corrected chi connectivity index (χ4v) is 9.38. The van der Waals surface area contributed by atoms with E-state index in [0.29, 0.717) is 0 Å². The number of anilines is 3. The Morgan fingerprint density at radius 3 is 1.80 bits per heavy atom. The Morgan fingerprint density at radius 1 is 0.429 bits per heavy atom. The molecule has 0 saturated carbocycles. The van der Waals surface area contributed by atoms with Gasteiger partial charge in [-0.3, -0.25) is 0 Å². The van der Waals surface area contributed by atoms with Crippen LogP contribution in [-0.2, 0) is 5.41 Å². The van der Waals surface area contributed by atoms with Crippen LogP contribution in [-0.4, -0.2) is 0 Å². The molecule has 0 fully saturated rings. The lowest BCUT2D eigenvalue weighted by Gasteiger charge is -2.35. The standard InChI is InChI=1S/C47H33NS/c1-47(2)39-19-9-8-16-33(39)34-26-25-32(29-40(34)47)45-35-17-6-7-18-36(35)46(37-27-24-31(28-38(37)45)30-14-4-3-5-15-30)48-41-20-10-12-22-43(41)49-44-23-13-11-21-42(44)48/h3-29H,1-2H3. The number of hydrogen-bond acceptors (Lipinski definition) is 2. The van der Waals surface area contributed by atoms with Gasteiger partial charge in [-0.1, -0.05) is 153 Å². The van der Waals surface area contributed by atoms with Crippen molar-refractivity contribution in [3.8, 4) is 33.4 Å². The van der Waals surface area contributed by atoms with Crippen LogP contribution in [0.1, 0.15) is 25.0 Å². The van der Waals surface area contributed by atoms with Gasteiger partial charge in [-0.2, -0.15) is 0 Å². The molecule has 0 unspecified atom stereocenters. The maximum atomic E-state index is 2.51. The minimum Gasteiger partial charge on any atom is -0.307 e. The van der Waals surface area contributed by atoms with Crippen molar-refractivity contribution in [3.63, 3.8) is 0 Å². The molecule has 0 aromatic heterocycles. The van der Waals surface area contributed by atoms with Crippen molar-refractivity contribution in [2.45, 2.75) is 29.1 Å². The molecule has 0 N–H and O–H groups in total. The zero-order chi connectivity index (χ0) is 32.7. The molecule has 8 aromatic rings. The highest BCUT2D eigenvalue weighted by Gasteiger charge is 2.36. The van der Waals surface area contributed by atoms with Gasteiger partial charge >= 0.3 is 0 Å². The van der Waals surface area contributed by atoms with Gasteiger partial charge in [-0.15, -0.1) is 0 Å². The number of rotatable bonds is 3. The van der Waals surface area contributed by atoms with Crippen molar-refractivity contribution in [2.75, 3.05) is 4.90 Å². The summed E-state index contributed by atoms with van der Waals surface area (Å²) in [7, 11) is 0. The third-order valence-corrected chi connectivity index (χ3v) is 11.8. The first-order valence-corrected chi connectivity index (χ1v) is 17.8. The topological polar surface area (TPSA) is 3.24 Å². The van der Waals surface area contributed by atoms with E-state index in [1.165, 1.54) is 92.9 Å². The molecule has 8 aromatic carbocycles. The van der Waals surface area contributed by atoms with Crippen LogP contribution in [0.4, 0.5) is 17.1 Å². The lowest BCUT2D eigenvalue weighted by Crippen LogP contribution is -2.16. The average molecular weight is 644 g/mol. The van der Waals surface area contributed by atoms with Crippen LogP contribution < -0.4 is 4.90 Å². The number of nitrogens with zero attached hydrogens (tertiary/aromatic N) is 1. The smallest absolute Gasteiger partial charge is 0.0619 e. The van der Waals surface area contributed by atoms with Crippen LogP contribution in [0, 0.1) is 0 Å². The highest BCUT2D eigenvalue weighted by atomic mass is 32.2. The molecule has 2 heteroatoms. The Balaban J connectivity index is 1.32. The fourth-order valence-electron chi connectivity index (χ4n) is 8.32. The van der Waals surface area contributed by atoms with Gasteiger partial charge in [0.05, 0.1) is 17.1 Å². The normalized spacial score (nSPS) is 14.0. The zero-order valence-electron chi connectivity index (χ0n) is 27.4. The first kappa shape index (κ1) is 28.4. The Morgan fingerprint density at radius 2 is 1.02 bits per heavy atom. The summed E-state index contributed by atoms with van der Waals surface area (Å²) in [5.41, 5.74) is 14.1. The fraction of sp³-hybridized carbons (Fsp3) is 0.0638. The van der Waals surface area contributed by atoms with E-state index in [4.69, 9.17) is 0 Å². The summed E-state index contributed by atoms with van der Waals surface area (Å²) in [5, 5.41) is 5.01. The van der Waals surface area contributed by atoms with Crippen LogP contribution in [0.3, 0.4) is 0 Å². The summed E-state index contributed by atoms with van der Waals surface area (Å²) in [6.45, 7) is 4.75. The molecule has 1 heterocycles. The maximum absolute atomic E-state index is 2.51. The number of para-hydroxylation sites is 2. The minimum atomic E-state index is -0.0818. The summed E-state index contributed by atoms with van der Waals surface area (Å²) >= 11 is 1.86. The van der Waals surface area contributed by atoms with Crippen molar-refractivity contribution in [2.24, 2.45) is 0 Å². The van der Waals surface area contributed by atoms with Gasteiger partial charge in [0.2, 0.25) is 0 Å². The van der Waals surface area contributed by atoms with Crippen molar-refractivity contribution < 1.29 is 0 Å². The van der Waals surface area contributed by atoms with E-state index < -0.39 is 0 Å². The van der Waals surface area contributed by atoms with Gasteiger partial charge < -0.3 is 4.90 Å². The minimum absolute atomic E-state index is 0.0818. The molecule has 0 spiro atoms. The molecule has 0 amide bonds. The third kappa shape index (κ3) is 4.20. The monoisotopic (exact) mass is 643 g/mol. The molecule has 1 aliphatic carbocycles. The van der Waals surface area contributed by atoms with E-state index in [-0.39, 0.29) is 5.41 Å². The lowest BCUT2D eigenvalue weighted by atomic mass is 9.80. The zero-order valence-corrected chi connectivity index (χ0v) is 28.3. The molecule has 49 heavy (non-hydrogen) atoms. The molecule has 232 valence electrons. The predicted octanol–water partition coefficient (Wildman–Crippen LogP) is 13.6. The molecule has 1 aliphatic heterocycles. The lowest BCUT2D eigenvalue weighted by molar-refractivity contribution is 0.660. The van der Waals surface area contributed by atoms with Crippen LogP contribution in [0.2, 0.25) is 0 Å². The third-order valence-electron chi connectivity index (χ3n) is 10.6. The van der Waals surface area contributed by atoms with E-state index in [1.54, 1.807) is 0 Å². The maximum Gasteiger partial charge on any atom is 0.0619 e. The Labute approximate surface area is 291 Å². The van der Waals surface area contributed by atoms with E-state index in [0.717, 1.165) is 0 Å². The molecule has 0 saturated heterocycles. The summed E-state index contributed by atoms with van der Waals surface area (Å²) in [4.78, 5) is 5.05. The number of hydrogen-bond donors (Lipinski definition) is 0. The van der Waals surface area contributed by atoms with E-state index >= 15 is 0 Å². The van der Waals surface area contributed by atoms with Gasteiger partial charge in [0.25, 0.3) is 0 Å². The average Bonchev–Trinajstić information content (AvgIpc) is 3.38. The highest BCUT2D eigenvalue weighted by molar-refractivity contribution is 7.99. The Kier molecular flexibility index (Phi) is 6.22. The van der Waals surface area contributed by atoms with Gasteiger partial charge in [0.15, 0.2) is 0 Å². The summed E-state index contributed by atoms with van der Waals surface area (Å²) in [6.07, 6.45) is 0. The van der Waals surface area contributed by atoms with Gasteiger partial charge in [-0.25, -0.2) is 0 Å². The summed E-state index contributed by atoms with van der Waals surface area (Å²) in [5.74, 6) is 0. The second-order valence-electron chi connectivity index (χ2n) is 13.7. The Bertz CT molecular complexity index is 2570. The van der Waals surface area contributed by atoms with Crippen LogP contribution in [0.15, 0.2) is 174 Å². The number of fused-ring (bicyclic) bond motifs is 7. The van der Waals surface area contributed by atoms with E-state index in [2.05, 4.69) is 183 Å². The second kappa shape index (κ2) is 10.7. The van der Waals surface area contributed by atoms with Crippen molar-refractivity contribution in [1.82, 2.24) is 0 Å². The molecular weight excluding hydrogens is 611 g/mol. The Hall–Kier alpha value is -5.57. The number of benzene rings is 8. The van der Waals surface area contributed by atoms with E-state index in [1.807, 2.05) is 11.8 Å². The highest BCUT2D eigenvalue weighted by Crippen LogP contribution is 2.56. The van der Waals surface area contributed by atoms with Crippen molar-refractivity contribution >= 4 is 50.4 Å². The largest absolute Gasteiger partial charge is 0.307 e. The quantitative estimate of drug-likeness (QED) is 0.176. The van der Waals surface area contributed by atoms with Crippen molar-refractivity contribution in [1.29, 1.82) is 0 Å². The van der Waals surface area contributed by atoms with Crippen LogP contribution in [0.25, 0.3) is 54.9 Å². The summed E-state index contributed by atoms with van der Waals surface area (Å²) in [6, 6.07) is 60.7. The molecule has 0 bridgehead atoms. The van der Waals surface area contributed by atoms with Gasteiger partial charge in [0.1, 0.15) is 0 Å². The second-order valence-corrected chi connectivity index (χ2v) is 14.8.